The van der Waals surface area contributed by atoms with Crippen molar-refractivity contribution >= 4 is 6.03 Å². The van der Waals surface area contributed by atoms with Gasteiger partial charge in [-0.3, -0.25) is 0 Å². The zero-order valence-corrected chi connectivity index (χ0v) is 16.3. The van der Waals surface area contributed by atoms with E-state index in [0.29, 0.717) is 19.6 Å². The van der Waals surface area contributed by atoms with E-state index < -0.39 is 0 Å². The molecule has 0 unspecified atom stereocenters. The average Bonchev–Trinajstić information content (AvgIpc) is 3.24. The number of hydrogen-bond acceptors (Lipinski definition) is 3. The van der Waals surface area contributed by atoms with Crippen molar-refractivity contribution in [3.8, 4) is 5.75 Å². The molecule has 0 radical (unpaired) electrons. The molecule has 1 aliphatic carbocycles. The summed E-state index contributed by atoms with van der Waals surface area (Å²) < 4.78 is 6.15. The lowest BCUT2D eigenvalue weighted by molar-refractivity contribution is 0.177. The van der Waals surface area contributed by atoms with E-state index in [9.17, 15) is 9.90 Å². The molecule has 0 atom stereocenters. The third kappa shape index (κ3) is 5.99. The zero-order chi connectivity index (χ0) is 19.6. The van der Waals surface area contributed by atoms with Gasteiger partial charge in [-0.25, -0.2) is 4.79 Å². The van der Waals surface area contributed by atoms with Crippen LogP contribution in [-0.2, 0) is 13.0 Å². The first kappa shape index (κ1) is 20.2. The van der Waals surface area contributed by atoms with Crippen LogP contribution in [0.4, 0.5) is 4.79 Å². The van der Waals surface area contributed by atoms with Crippen LogP contribution in [0.2, 0.25) is 0 Å². The summed E-state index contributed by atoms with van der Waals surface area (Å²) in [6.45, 7) is 1.24. The van der Waals surface area contributed by atoms with Crippen LogP contribution in [0, 0.1) is 0 Å². The van der Waals surface area contributed by atoms with Crippen LogP contribution in [0.5, 0.6) is 5.75 Å². The summed E-state index contributed by atoms with van der Waals surface area (Å²) in [5, 5.41) is 12.3. The number of hydrogen-bond donors (Lipinski definition) is 2. The van der Waals surface area contributed by atoms with E-state index in [1.165, 1.54) is 18.4 Å². The lowest BCUT2D eigenvalue weighted by Crippen LogP contribution is -2.42. The van der Waals surface area contributed by atoms with Crippen LogP contribution in [0.1, 0.15) is 36.8 Å². The molecule has 1 saturated carbocycles. The number of nitrogens with one attached hydrogen (secondary N) is 1. The van der Waals surface area contributed by atoms with E-state index in [1.54, 1.807) is 4.90 Å². The van der Waals surface area contributed by atoms with E-state index in [2.05, 4.69) is 5.32 Å². The highest BCUT2D eigenvalue weighted by Gasteiger charge is 2.18. The van der Waals surface area contributed by atoms with Gasteiger partial charge >= 0.3 is 6.03 Å². The van der Waals surface area contributed by atoms with Crippen LogP contribution < -0.4 is 10.1 Å². The highest BCUT2D eigenvalue weighted by Crippen LogP contribution is 2.26. The maximum atomic E-state index is 12.6. The van der Waals surface area contributed by atoms with Crippen LogP contribution in [-0.4, -0.2) is 41.8 Å². The van der Waals surface area contributed by atoms with Gasteiger partial charge in [0.1, 0.15) is 5.75 Å². The van der Waals surface area contributed by atoms with Crippen molar-refractivity contribution in [2.45, 2.75) is 44.8 Å². The molecule has 5 heteroatoms. The molecule has 150 valence electrons. The Kier molecular flexibility index (Phi) is 7.73. The Balaban J connectivity index is 1.55. The second kappa shape index (κ2) is 10.7. The third-order valence-corrected chi connectivity index (χ3v) is 5.17. The van der Waals surface area contributed by atoms with E-state index in [-0.39, 0.29) is 18.7 Å². The molecule has 28 heavy (non-hydrogen) atoms. The number of carbonyl (C=O) groups excluding carboxylic acids is 1. The number of ether oxygens (including phenoxy) is 1. The van der Waals surface area contributed by atoms with Crippen molar-refractivity contribution in [3.05, 3.63) is 65.7 Å². The number of para-hydroxylation sites is 1. The molecular weight excluding hydrogens is 352 g/mol. The number of aliphatic hydroxyl groups excluding tert-OH is 1. The molecule has 1 aliphatic rings. The fraction of sp³-hybridized carbons (Fsp3) is 0.435. The van der Waals surface area contributed by atoms with Crippen molar-refractivity contribution in [3.63, 3.8) is 0 Å². The largest absolute Gasteiger partial charge is 0.490 e. The normalized spacial score (nSPS) is 14.0. The molecule has 0 aliphatic heterocycles. The maximum Gasteiger partial charge on any atom is 0.317 e. The lowest BCUT2D eigenvalue weighted by Gasteiger charge is -2.23. The second-order valence-electron chi connectivity index (χ2n) is 7.24. The zero-order valence-electron chi connectivity index (χ0n) is 16.3. The Hall–Kier alpha value is -2.53. The number of benzene rings is 2. The first-order valence-corrected chi connectivity index (χ1v) is 10.2. The smallest absolute Gasteiger partial charge is 0.317 e. The molecule has 1 fully saturated rings. The van der Waals surface area contributed by atoms with Crippen molar-refractivity contribution in [2.24, 2.45) is 0 Å². The maximum absolute atomic E-state index is 12.6. The highest BCUT2D eigenvalue weighted by molar-refractivity contribution is 5.74. The van der Waals surface area contributed by atoms with Gasteiger partial charge in [-0.05, 0) is 43.7 Å². The average molecular weight is 383 g/mol. The summed E-state index contributed by atoms with van der Waals surface area (Å²) >= 11 is 0. The number of nitrogens with zero attached hydrogens (tertiary/aromatic N) is 1. The molecule has 3 rings (SSSR count). The minimum atomic E-state index is -0.166. The molecule has 0 heterocycles. The van der Waals surface area contributed by atoms with Gasteiger partial charge < -0.3 is 20.1 Å². The summed E-state index contributed by atoms with van der Waals surface area (Å²) in [5.41, 5.74) is 2.16. The fourth-order valence-corrected chi connectivity index (χ4v) is 3.58. The van der Waals surface area contributed by atoms with Gasteiger partial charge in [-0.2, -0.15) is 0 Å². The standard InChI is InChI=1S/C23H30N2O3/c26-17-16-25(15-14-19-8-2-1-3-9-19)23(27)24-18-20-10-4-7-13-22(20)28-21-11-5-6-12-21/h1-4,7-10,13,21,26H,5-6,11-12,14-18H2,(H,24,27). The first-order chi connectivity index (χ1) is 13.8. The molecule has 0 bridgehead atoms. The Labute approximate surface area is 167 Å². The Morgan fingerprint density at radius 1 is 1.04 bits per heavy atom. The Bertz CT molecular complexity index is 730. The van der Waals surface area contributed by atoms with Crippen molar-refractivity contribution < 1.29 is 14.6 Å². The lowest BCUT2D eigenvalue weighted by atomic mass is 10.1. The van der Waals surface area contributed by atoms with Crippen LogP contribution >= 0.6 is 0 Å². The molecule has 2 aromatic rings. The van der Waals surface area contributed by atoms with Gasteiger partial charge in [0.2, 0.25) is 0 Å². The van der Waals surface area contributed by atoms with E-state index >= 15 is 0 Å². The third-order valence-electron chi connectivity index (χ3n) is 5.17. The Morgan fingerprint density at radius 3 is 2.50 bits per heavy atom. The second-order valence-corrected chi connectivity index (χ2v) is 7.24. The highest BCUT2D eigenvalue weighted by atomic mass is 16.5. The Morgan fingerprint density at radius 2 is 1.75 bits per heavy atom. The molecule has 2 aromatic carbocycles. The van der Waals surface area contributed by atoms with Crippen LogP contribution in [0.3, 0.4) is 0 Å². The molecule has 2 N–H and O–H groups in total. The van der Waals surface area contributed by atoms with Crippen LogP contribution in [0.25, 0.3) is 0 Å². The summed E-state index contributed by atoms with van der Waals surface area (Å²) in [6, 6.07) is 17.8. The topological polar surface area (TPSA) is 61.8 Å². The van der Waals surface area contributed by atoms with Crippen molar-refractivity contribution in [2.75, 3.05) is 19.7 Å². The quantitative estimate of drug-likeness (QED) is 0.694. The summed E-state index contributed by atoms with van der Waals surface area (Å²) in [4.78, 5) is 14.3. The number of aliphatic hydroxyl groups is 1. The van der Waals surface area contributed by atoms with Gasteiger partial charge in [-0.1, -0.05) is 48.5 Å². The van der Waals surface area contributed by atoms with Crippen molar-refractivity contribution in [1.82, 2.24) is 10.2 Å². The molecule has 0 saturated heterocycles. The SMILES string of the molecule is O=C(NCc1ccccc1OC1CCCC1)N(CCO)CCc1ccccc1. The van der Waals surface area contributed by atoms with Crippen molar-refractivity contribution in [1.29, 1.82) is 0 Å². The van der Waals surface area contributed by atoms with Gasteiger partial charge in [0.05, 0.1) is 12.7 Å². The molecule has 2 amide bonds. The number of urea groups is 1. The van der Waals surface area contributed by atoms with E-state index in [4.69, 9.17) is 4.74 Å². The van der Waals surface area contributed by atoms with Crippen LogP contribution in [0.15, 0.2) is 54.6 Å². The minimum absolute atomic E-state index is 0.0520. The van der Waals surface area contributed by atoms with Gasteiger partial charge in [0.15, 0.2) is 0 Å². The molecule has 0 aromatic heterocycles. The number of amides is 2. The predicted octanol–water partition coefficient (Wildman–Crippen LogP) is 3.75. The number of rotatable bonds is 9. The molecule has 0 spiro atoms. The first-order valence-electron chi connectivity index (χ1n) is 10.2. The summed E-state index contributed by atoms with van der Waals surface area (Å²) in [5.74, 6) is 0.854. The summed E-state index contributed by atoms with van der Waals surface area (Å²) in [7, 11) is 0. The molecular formula is C23H30N2O3. The minimum Gasteiger partial charge on any atom is -0.490 e. The van der Waals surface area contributed by atoms with E-state index in [1.807, 2.05) is 54.6 Å². The van der Waals surface area contributed by atoms with E-state index in [0.717, 1.165) is 30.6 Å². The summed E-state index contributed by atoms with van der Waals surface area (Å²) in [6.07, 6.45) is 5.70. The van der Waals surface area contributed by atoms with Gasteiger partial charge in [0.25, 0.3) is 0 Å². The van der Waals surface area contributed by atoms with Gasteiger partial charge in [0, 0.05) is 25.2 Å². The monoisotopic (exact) mass is 382 g/mol. The number of carbonyl (C=O) groups is 1. The predicted molar refractivity (Wildman–Crippen MR) is 110 cm³/mol. The molecule has 5 nitrogen and oxygen atoms in total. The fourth-order valence-electron chi connectivity index (χ4n) is 3.58. The van der Waals surface area contributed by atoms with Gasteiger partial charge in [-0.15, -0.1) is 0 Å².